The van der Waals surface area contributed by atoms with Crippen LogP contribution < -0.4 is 9.64 Å². The highest BCUT2D eigenvalue weighted by molar-refractivity contribution is 5.72. The third-order valence-corrected chi connectivity index (χ3v) is 3.69. The molecule has 1 aliphatic rings. The standard InChI is InChI=1S/C16H20N2O/c1-5-18-14-8-7-12(19-6-2)11-13(14)16(3,4)15(18)9-10-17/h7-9,11H,5-6H2,1-4H3/b15-9-. The SMILES string of the molecule is CCOc1ccc2c(c1)C(C)(C)/C(=C/C#N)N2CC. The van der Waals surface area contributed by atoms with Gasteiger partial charge in [0.25, 0.3) is 0 Å². The molecule has 0 spiro atoms. The first-order valence-electron chi connectivity index (χ1n) is 6.71. The second-order valence-electron chi connectivity index (χ2n) is 5.14. The molecule has 3 nitrogen and oxygen atoms in total. The molecule has 3 heteroatoms. The number of benzene rings is 1. The molecule has 0 aliphatic carbocycles. The van der Waals surface area contributed by atoms with Crippen molar-refractivity contribution in [2.45, 2.75) is 33.1 Å². The van der Waals surface area contributed by atoms with Gasteiger partial charge in [-0.25, -0.2) is 0 Å². The zero-order chi connectivity index (χ0) is 14.0. The van der Waals surface area contributed by atoms with Crippen LogP contribution in [0.4, 0.5) is 5.69 Å². The highest BCUT2D eigenvalue weighted by Crippen LogP contribution is 2.48. The molecule has 0 radical (unpaired) electrons. The molecule has 0 fully saturated rings. The molecular formula is C16H20N2O. The summed E-state index contributed by atoms with van der Waals surface area (Å²) in [5, 5.41) is 9.01. The number of anilines is 1. The molecule has 1 aromatic rings. The fraction of sp³-hybridized carbons (Fsp3) is 0.438. The molecule has 0 amide bonds. The molecule has 1 heterocycles. The van der Waals surface area contributed by atoms with E-state index in [-0.39, 0.29) is 5.41 Å². The van der Waals surface area contributed by atoms with Gasteiger partial charge in [0.2, 0.25) is 0 Å². The Hall–Kier alpha value is -1.95. The fourth-order valence-corrected chi connectivity index (χ4v) is 2.77. The van der Waals surface area contributed by atoms with Gasteiger partial charge in [-0.2, -0.15) is 5.26 Å². The lowest BCUT2D eigenvalue weighted by Crippen LogP contribution is -2.25. The van der Waals surface area contributed by atoms with E-state index in [1.54, 1.807) is 6.08 Å². The lowest BCUT2D eigenvalue weighted by atomic mass is 9.83. The van der Waals surface area contributed by atoms with E-state index in [4.69, 9.17) is 10.00 Å². The van der Waals surface area contributed by atoms with E-state index in [0.29, 0.717) is 6.61 Å². The zero-order valence-electron chi connectivity index (χ0n) is 12.0. The number of rotatable bonds is 3. The third-order valence-electron chi connectivity index (χ3n) is 3.69. The van der Waals surface area contributed by atoms with Crippen LogP contribution >= 0.6 is 0 Å². The van der Waals surface area contributed by atoms with Crippen LogP contribution in [-0.4, -0.2) is 13.2 Å². The molecule has 1 aliphatic heterocycles. The molecule has 0 saturated carbocycles. The number of allylic oxidation sites excluding steroid dienone is 2. The first-order valence-corrected chi connectivity index (χ1v) is 6.71. The van der Waals surface area contributed by atoms with Gasteiger partial charge in [0.15, 0.2) is 0 Å². The number of hydrogen-bond acceptors (Lipinski definition) is 3. The van der Waals surface area contributed by atoms with Gasteiger partial charge in [-0.15, -0.1) is 0 Å². The van der Waals surface area contributed by atoms with Crippen molar-refractivity contribution in [1.29, 1.82) is 5.26 Å². The van der Waals surface area contributed by atoms with Gasteiger partial charge in [0.1, 0.15) is 5.75 Å². The van der Waals surface area contributed by atoms with Crippen LogP contribution in [0.3, 0.4) is 0 Å². The molecule has 19 heavy (non-hydrogen) atoms. The van der Waals surface area contributed by atoms with Crippen LogP contribution in [0.2, 0.25) is 0 Å². The van der Waals surface area contributed by atoms with E-state index in [2.05, 4.69) is 43.9 Å². The van der Waals surface area contributed by atoms with Gasteiger partial charge in [0, 0.05) is 29.4 Å². The molecule has 0 N–H and O–H groups in total. The topological polar surface area (TPSA) is 36.3 Å². The van der Waals surface area contributed by atoms with E-state index in [9.17, 15) is 0 Å². The molecule has 2 rings (SSSR count). The van der Waals surface area contributed by atoms with Crippen LogP contribution in [0.1, 0.15) is 33.3 Å². The Morgan fingerprint density at radius 3 is 2.68 bits per heavy atom. The zero-order valence-corrected chi connectivity index (χ0v) is 12.0. The predicted molar refractivity (Wildman–Crippen MR) is 77.4 cm³/mol. The first kappa shape index (κ1) is 13.5. The predicted octanol–water partition coefficient (Wildman–Crippen LogP) is 3.61. The van der Waals surface area contributed by atoms with Crippen LogP contribution in [0, 0.1) is 11.3 Å². The Bertz CT molecular complexity index is 552. The average Bonchev–Trinajstić information content (AvgIpc) is 2.59. The van der Waals surface area contributed by atoms with Gasteiger partial charge in [-0.1, -0.05) is 13.8 Å². The minimum Gasteiger partial charge on any atom is -0.494 e. The lowest BCUT2D eigenvalue weighted by molar-refractivity contribution is 0.339. The lowest BCUT2D eigenvalue weighted by Gasteiger charge is -2.25. The average molecular weight is 256 g/mol. The molecule has 100 valence electrons. The molecule has 0 bridgehead atoms. The molecule has 0 unspecified atom stereocenters. The second-order valence-corrected chi connectivity index (χ2v) is 5.14. The third kappa shape index (κ3) is 2.08. The van der Waals surface area contributed by atoms with Crippen molar-refractivity contribution in [3.05, 3.63) is 35.5 Å². The quantitative estimate of drug-likeness (QED) is 0.775. The van der Waals surface area contributed by atoms with Crippen molar-refractivity contribution in [1.82, 2.24) is 0 Å². The van der Waals surface area contributed by atoms with E-state index in [1.807, 2.05) is 13.0 Å². The Kier molecular flexibility index (Phi) is 3.53. The summed E-state index contributed by atoms with van der Waals surface area (Å²) in [6.07, 6.45) is 1.66. The molecule has 0 aromatic heterocycles. The molecule has 0 atom stereocenters. The maximum Gasteiger partial charge on any atom is 0.119 e. The van der Waals surface area contributed by atoms with Gasteiger partial charge in [0.05, 0.1) is 12.7 Å². The number of nitriles is 1. The minimum absolute atomic E-state index is 0.159. The summed E-state index contributed by atoms with van der Waals surface area (Å²) >= 11 is 0. The smallest absolute Gasteiger partial charge is 0.119 e. The molecule has 0 saturated heterocycles. The molecular weight excluding hydrogens is 236 g/mol. The fourth-order valence-electron chi connectivity index (χ4n) is 2.77. The Balaban J connectivity index is 2.57. The van der Waals surface area contributed by atoms with Crippen LogP contribution in [-0.2, 0) is 5.41 Å². The number of fused-ring (bicyclic) bond motifs is 1. The van der Waals surface area contributed by atoms with Crippen molar-refractivity contribution in [2.24, 2.45) is 0 Å². The van der Waals surface area contributed by atoms with Gasteiger partial charge in [-0.3, -0.25) is 0 Å². The van der Waals surface area contributed by atoms with Crippen molar-refractivity contribution in [3.8, 4) is 11.8 Å². The van der Waals surface area contributed by atoms with Crippen molar-refractivity contribution >= 4 is 5.69 Å². The number of nitrogens with zero attached hydrogens (tertiary/aromatic N) is 2. The second kappa shape index (κ2) is 4.97. The van der Waals surface area contributed by atoms with Gasteiger partial charge < -0.3 is 9.64 Å². The maximum absolute atomic E-state index is 9.01. The summed E-state index contributed by atoms with van der Waals surface area (Å²) in [7, 11) is 0. The minimum atomic E-state index is -0.159. The monoisotopic (exact) mass is 256 g/mol. The Morgan fingerprint density at radius 1 is 1.37 bits per heavy atom. The normalized spacial score (nSPS) is 18.3. The van der Waals surface area contributed by atoms with Crippen molar-refractivity contribution in [3.63, 3.8) is 0 Å². The summed E-state index contributed by atoms with van der Waals surface area (Å²) in [5.74, 6) is 0.892. The summed E-state index contributed by atoms with van der Waals surface area (Å²) in [5.41, 5.74) is 3.30. The summed E-state index contributed by atoms with van der Waals surface area (Å²) in [6, 6.07) is 8.35. The first-order chi connectivity index (χ1) is 9.06. The van der Waals surface area contributed by atoms with Crippen molar-refractivity contribution < 1.29 is 4.74 Å². The summed E-state index contributed by atoms with van der Waals surface area (Å²) in [4.78, 5) is 2.20. The van der Waals surface area contributed by atoms with Gasteiger partial charge in [-0.05, 0) is 37.6 Å². The van der Waals surface area contributed by atoms with Gasteiger partial charge >= 0.3 is 0 Å². The van der Waals surface area contributed by atoms with Crippen LogP contribution in [0.15, 0.2) is 30.0 Å². The largest absolute Gasteiger partial charge is 0.494 e. The highest BCUT2D eigenvalue weighted by atomic mass is 16.5. The van der Waals surface area contributed by atoms with E-state index in [0.717, 1.165) is 18.0 Å². The van der Waals surface area contributed by atoms with Crippen LogP contribution in [0.25, 0.3) is 0 Å². The number of ether oxygens (including phenoxy) is 1. The van der Waals surface area contributed by atoms with E-state index < -0.39 is 0 Å². The maximum atomic E-state index is 9.01. The Labute approximate surface area is 115 Å². The summed E-state index contributed by atoms with van der Waals surface area (Å²) < 4.78 is 5.59. The number of hydrogen-bond donors (Lipinski definition) is 0. The number of likely N-dealkylation sites (N-methyl/N-ethyl adjacent to an activating group) is 1. The van der Waals surface area contributed by atoms with E-state index in [1.165, 1.54) is 11.3 Å². The van der Waals surface area contributed by atoms with Crippen LogP contribution in [0.5, 0.6) is 5.75 Å². The highest BCUT2D eigenvalue weighted by Gasteiger charge is 2.39. The van der Waals surface area contributed by atoms with E-state index >= 15 is 0 Å². The summed E-state index contributed by atoms with van der Waals surface area (Å²) in [6.45, 7) is 9.92. The van der Waals surface area contributed by atoms with Crippen molar-refractivity contribution in [2.75, 3.05) is 18.1 Å². The Morgan fingerprint density at radius 2 is 2.11 bits per heavy atom. The molecule has 1 aromatic carbocycles.